The zero-order valence-electron chi connectivity index (χ0n) is 6.53. The summed E-state index contributed by atoms with van der Waals surface area (Å²) >= 11 is 0.750. The first-order chi connectivity index (χ1) is 5.97. The number of fused-ring (bicyclic) bond motifs is 1. The van der Waals surface area contributed by atoms with Crippen molar-refractivity contribution in [3.63, 3.8) is 0 Å². The Hall–Kier alpha value is -0.786. The van der Waals surface area contributed by atoms with E-state index in [1.807, 2.05) is 0 Å². The van der Waals surface area contributed by atoms with Gasteiger partial charge in [0.25, 0.3) is 0 Å². The van der Waals surface area contributed by atoms with Crippen LogP contribution in [0.15, 0.2) is 48.5 Å². The van der Waals surface area contributed by atoms with E-state index in [-0.39, 0.29) is 0 Å². The van der Waals surface area contributed by atoms with Crippen LogP contribution in [0.3, 0.4) is 0 Å². The molecule has 58 valence electrons. The molecule has 1 nitrogen and oxygen atoms in total. The molecular weight excluding hydrogens is 184 g/mol. The van der Waals surface area contributed by atoms with Gasteiger partial charge in [-0.2, -0.15) is 0 Å². The fraction of sp³-hybridized carbons (Fsp3) is 0. The zero-order chi connectivity index (χ0) is 8.81. The van der Waals surface area contributed by atoms with Crippen molar-refractivity contribution in [1.82, 2.24) is 0 Å². The molecule has 0 atom stereocenters. The van der Waals surface area contributed by atoms with Crippen molar-refractivity contribution >= 4 is 10.8 Å². The van der Waals surface area contributed by atoms with Crippen LogP contribution in [-0.4, -0.2) is 0 Å². The van der Waals surface area contributed by atoms with Gasteiger partial charge in [0.1, 0.15) is 0 Å². The molecule has 0 N–H and O–H groups in total. The summed E-state index contributed by atoms with van der Waals surface area (Å²) < 4.78 is 8.25. The number of hydrogen-bond acceptors (Lipinski definition) is 1. The summed E-state index contributed by atoms with van der Waals surface area (Å²) in [4.78, 5) is 0. The number of hydrogen-bond donors (Lipinski definition) is 0. The van der Waals surface area contributed by atoms with Crippen molar-refractivity contribution in [2.45, 2.75) is 0 Å². The maximum atomic E-state index is 8.25. The molecule has 2 heteroatoms. The van der Waals surface area contributed by atoms with Gasteiger partial charge in [0.2, 0.25) is 0 Å². The van der Waals surface area contributed by atoms with E-state index in [1.54, 1.807) is 0 Å². The van der Waals surface area contributed by atoms with Crippen LogP contribution >= 0.6 is 0 Å². The van der Waals surface area contributed by atoms with E-state index in [4.69, 9.17) is 3.32 Å². The topological polar surface area (TPSA) is 17.1 Å². The van der Waals surface area contributed by atoms with Gasteiger partial charge in [-0.3, -0.25) is 0 Å². The Balaban J connectivity index is 0.000000336. The summed E-state index contributed by atoms with van der Waals surface area (Å²) in [5.41, 5.74) is 0. The summed E-state index contributed by atoms with van der Waals surface area (Å²) in [5, 5.41) is 2.62. The predicted octanol–water partition coefficient (Wildman–Crippen LogP) is 2.72. The molecule has 0 saturated carbocycles. The van der Waals surface area contributed by atoms with Crippen molar-refractivity contribution < 1.29 is 23.7 Å². The van der Waals surface area contributed by atoms with E-state index in [0.29, 0.717) is 0 Å². The van der Waals surface area contributed by atoms with Gasteiger partial charge in [0.05, 0.1) is 0 Å². The third kappa shape index (κ3) is 2.10. The maximum Gasteiger partial charge on any atom is -0.0184 e. The first-order valence-electron chi connectivity index (χ1n) is 3.61. The predicted molar refractivity (Wildman–Crippen MR) is 44.6 cm³/mol. The average Bonchev–Trinajstić information content (AvgIpc) is 2.21. The van der Waals surface area contributed by atoms with Crippen molar-refractivity contribution in [2.24, 2.45) is 0 Å². The standard InChI is InChI=1S/C10H8.O.Ti/c1-2-6-10-8-4-3-7-9(10)5-1;;/h1-8H;;. The first-order valence-corrected chi connectivity index (χ1v) is 4.25. The fourth-order valence-corrected chi connectivity index (χ4v) is 1.13. The molecule has 0 aliphatic rings. The van der Waals surface area contributed by atoms with Crippen LogP contribution in [0.25, 0.3) is 10.8 Å². The molecule has 0 fully saturated rings. The third-order valence-electron chi connectivity index (χ3n) is 1.66. The molecule has 0 unspecified atom stereocenters. The Bertz CT molecular complexity index is 294. The molecular formula is C10H8OTi. The SMILES string of the molecule is [O]=[Ti].c1ccc2ccccc2c1. The second kappa shape index (κ2) is 4.97. The minimum atomic E-state index is 0.750. The minimum absolute atomic E-state index is 0.750. The smallest absolute Gasteiger partial charge is 0.0184 e. The summed E-state index contributed by atoms with van der Waals surface area (Å²) in [6.45, 7) is 0. The minimum Gasteiger partial charge on any atom is -0.0616 e. The Labute approximate surface area is 83.1 Å². The normalized spacial score (nSPS) is 8.58. The molecule has 0 bridgehead atoms. The quantitative estimate of drug-likeness (QED) is 0.586. The molecule has 0 aliphatic heterocycles. The summed E-state index contributed by atoms with van der Waals surface area (Å²) in [6, 6.07) is 16.7. The van der Waals surface area contributed by atoms with Crippen molar-refractivity contribution in [3.05, 3.63) is 48.5 Å². The van der Waals surface area contributed by atoms with E-state index < -0.39 is 0 Å². The van der Waals surface area contributed by atoms with E-state index in [1.165, 1.54) is 10.8 Å². The molecule has 0 spiro atoms. The molecule has 12 heavy (non-hydrogen) atoms. The van der Waals surface area contributed by atoms with Crippen molar-refractivity contribution in [2.75, 3.05) is 0 Å². The third-order valence-corrected chi connectivity index (χ3v) is 1.66. The second-order valence-corrected chi connectivity index (χ2v) is 2.35. The van der Waals surface area contributed by atoms with Crippen LogP contribution in [0.4, 0.5) is 0 Å². The van der Waals surface area contributed by atoms with Gasteiger partial charge in [-0.1, -0.05) is 48.5 Å². The first kappa shape index (κ1) is 9.30. The summed E-state index contributed by atoms with van der Waals surface area (Å²) in [5.74, 6) is 0. The monoisotopic (exact) mass is 192 g/mol. The Morgan fingerprint density at radius 2 is 0.917 bits per heavy atom. The van der Waals surface area contributed by atoms with E-state index in [9.17, 15) is 0 Å². The van der Waals surface area contributed by atoms with E-state index in [2.05, 4.69) is 48.5 Å². The summed E-state index contributed by atoms with van der Waals surface area (Å²) in [6.07, 6.45) is 0. The molecule has 2 aromatic rings. The van der Waals surface area contributed by atoms with Crippen LogP contribution in [0.1, 0.15) is 0 Å². The maximum absolute atomic E-state index is 8.25. The van der Waals surface area contributed by atoms with Crippen LogP contribution in [-0.2, 0) is 23.7 Å². The van der Waals surface area contributed by atoms with Gasteiger partial charge in [-0.25, -0.2) is 0 Å². The van der Waals surface area contributed by atoms with E-state index in [0.717, 1.165) is 20.4 Å². The summed E-state index contributed by atoms with van der Waals surface area (Å²) in [7, 11) is 0. The largest absolute Gasteiger partial charge is 0.0616 e. The average molecular weight is 192 g/mol. The van der Waals surface area contributed by atoms with E-state index >= 15 is 0 Å². The molecule has 0 amide bonds. The Morgan fingerprint density at radius 3 is 1.17 bits per heavy atom. The van der Waals surface area contributed by atoms with Gasteiger partial charge in [-0.15, -0.1) is 0 Å². The van der Waals surface area contributed by atoms with Crippen LogP contribution in [0, 0.1) is 0 Å². The van der Waals surface area contributed by atoms with Crippen LogP contribution < -0.4 is 0 Å². The van der Waals surface area contributed by atoms with Crippen LogP contribution in [0.5, 0.6) is 0 Å². The van der Waals surface area contributed by atoms with Gasteiger partial charge < -0.3 is 0 Å². The fourth-order valence-electron chi connectivity index (χ4n) is 1.13. The molecule has 2 aromatic carbocycles. The molecule has 2 rings (SSSR count). The zero-order valence-corrected chi connectivity index (χ0v) is 8.09. The van der Waals surface area contributed by atoms with Gasteiger partial charge in [0.15, 0.2) is 0 Å². The molecule has 0 heterocycles. The second-order valence-electron chi connectivity index (χ2n) is 2.35. The molecule has 0 saturated heterocycles. The molecule has 0 aromatic heterocycles. The van der Waals surface area contributed by atoms with Crippen molar-refractivity contribution in [1.29, 1.82) is 0 Å². The van der Waals surface area contributed by atoms with Gasteiger partial charge in [0, 0.05) is 0 Å². The van der Waals surface area contributed by atoms with Gasteiger partial charge in [-0.05, 0) is 10.8 Å². The Morgan fingerprint density at radius 1 is 0.667 bits per heavy atom. The Kier molecular flexibility index (Phi) is 3.85. The number of benzene rings is 2. The number of rotatable bonds is 0. The molecule has 0 aliphatic carbocycles. The van der Waals surface area contributed by atoms with Crippen molar-refractivity contribution in [3.8, 4) is 0 Å². The molecule has 0 radical (unpaired) electrons. The van der Waals surface area contributed by atoms with Gasteiger partial charge >= 0.3 is 23.7 Å². The van der Waals surface area contributed by atoms with Crippen LogP contribution in [0.2, 0.25) is 0 Å².